The third-order valence-corrected chi connectivity index (χ3v) is 6.19. The van der Waals surface area contributed by atoms with E-state index in [-0.39, 0.29) is 5.56 Å². The molecule has 0 bridgehead atoms. The van der Waals surface area contributed by atoms with E-state index in [2.05, 4.69) is 39.8 Å². The highest BCUT2D eigenvalue weighted by atomic mass is 32.1. The molecule has 1 fully saturated rings. The molecule has 1 saturated heterocycles. The van der Waals surface area contributed by atoms with Crippen molar-refractivity contribution in [1.82, 2.24) is 19.4 Å². The number of furan rings is 1. The van der Waals surface area contributed by atoms with Crippen molar-refractivity contribution in [3.05, 3.63) is 64.0 Å². The molecule has 0 spiro atoms. The Morgan fingerprint density at radius 2 is 2.30 bits per heavy atom. The monoisotopic (exact) mass is 380 g/mol. The second kappa shape index (κ2) is 6.51. The van der Waals surface area contributed by atoms with E-state index in [0.717, 1.165) is 35.6 Å². The Hall–Kier alpha value is -2.64. The van der Waals surface area contributed by atoms with Crippen molar-refractivity contribution >= 4 is 21.6 Å². The van der Waals surface area contributed by atoms with Gasteiger partial charge in [-0.15, -0.1) is 11.3 Å². The largest absolute Gasteiger partial charge is 0.464 e. The summed E-state index contributed by atoms with van der Waals surface area (Å²) >= 11 is 1.49. The van der Waals surface area contributed by atoms with Crippen molar-refractivity contribution in [3.63, 3.8) is 0 Å². The number of thiophene rings is 1. The van der Waals surface area contributed by atoms with E-state index in [1.807, 2.05) is 17.5 Å². The average molecular weight is 380 g/mol. The minimum Gasteiger partial charge on any atom is -0.464 e. The number of hydrogen-bond acceptors (Lipinski definition) is 5. The number of nitrogens with one attached hydrogen (secondary N) is 1. The Bertz CT molecular complexity index is 1140. The maximum Gasteiger partial charge on any atom is 0.260 e. The zero-order chi connectivity index (χ0) is 18.4. The summed E-state index contributed by atoms with van der Waals surface area (Å²) in [7, 11) is 2.08. The summed E-state index contributed by atoms with van der Waals surface area (Å²) in [4.78, 5) is 23.7. The van der Waals surface area contributed by atoms with E-state index in [1.54, 1.807) is 6.26 Å². The van der Waals surface area contributed by atoms with Gasteiger partial charge in [-0.3, -0.25) is 9.69 Å². The molecule has 27 heavy (non-hydrogen) atoms. The number of aromatic amines is 1. The summed E-state index contributed by atoms with van der Waals surface area (Å²) in [6.07, 6.45) is 5.99. The average Bonchev–Trinajstić information content (AvgIpc) is 3.41. The molecule has 1 atom stereocenters. The molecule has 0 unspecified atom stereocenters. The molecule has 5 heterocycles. The van der Waals surface area contributed by atoms with E-state index < -0.39 is 0 Å². The highest BCUT2D eigenvalue weighted by Gasteiger charge is 2.28. The first kappa shape index (κ1) is 16.5. The maximum atomic E-state index is 12.8. The molecule has 1 aliphatic rings. The molecule has 0 aromatic carbocycles. The Morgan fingerprint density at radius 3 is 3.07 bits per heavy atom. The van der Waals surface area contributed by atoms with E-state index in [1.165, 1.54) is 17.0 Å². The lowest BCUT2D eigenvalue weighted by Crippen LogP contribution is -2.26. The molecule has 7 heteroatoms. The number of rotatable bonds is 4. The molecule has 1 aliphatic heterocycles. The first-order valence-electron chi connectivity index (χ1n) is 9.10. The fourth-order valence-electron chi connectivity index (χ4n) is 4.04. The first-order chi connectivity index (χ1) is 13.2. The maximum absolute atomic E-state index is 12.8. The molecule has 4 aromatic heterocycles. The van der Waals surface area contributed by atoms with Crippen LogP contribution in [-0.4, -0.2) is 26.0 Å². The molecule has 0 aliphatic carbocycles. The number of H-pyrrole nitrogens is 1. The van der Waals surface area contributed by atoms with Crippen LogP contribution >= 0.6 is 11.3 Å². The number of fused-ring (bicyclic) bond motifs is 1. The Morgan fingerprint density at radius 1 is 1.37 bits per heavy atom. The van der Waals surface area contributed by atoms with Gasteiger partial charge in [0, 0.05) is 29.9 Å². The lowest BCUT2D eigenvalue weighted by molar-refractivity contribution is 0.235. The van der Waals surface area contributed by atoms with Crippen LogP contribution in [-0.2, 0) is 13.6 Å². The SMILES string of the molecule is Cn1cccc1[C@@H]1CCCN1Cc1nc2scc(-c3ccco3)c2c(=O)[nH]1. The van der Waals surface area contributed by atoms with Crippen LogP contribution in [0.4, 0.5) is 0 Å². The summed E-state index contributed by atoms with van der Waals surface area (Å²) in [5.74, 6) is 1.42. The van der Waals surface area contributed by atoms with Crippen LogP contribution in [0, 0.1) is 0 Å². The summed E-state index contributed by atoms with van der Waals surface area (Å²) in [6.45, 7) is 1.66. The number of nitrogens with zero attached hydrogens (tertiary/aromatic N) is 3. The topological polar surface area (TPSA) is 67.1 Å². The van der Waals surface area contributed by atoms with E-state index in [4.69, 9.17) is 9.40 Å². The Balaban J connectivity index is 1.48. The molecule has 6 nitrogen and oxygen atoms in total. The van der Waals surface area contributed by atoms with Gasteiger partial charge < -0.3 is 14.0 Å². The van der Waals surface area contributed by atoms with Crippen LogP contribution in [0.1, 0.15) is 30.4 Å². The van der Waals surface area contributed by atoms with Crippen molar-refractivity contribution in [2.75, 3.05) is 6.54 Å². The van der Waals surface area contributed by atoms with Gasteiger partial charge >= 0.3 is 0 Å². The van der Waals surface area contributed by atoms with Gasteiger partial charge in [-0.05, 0) is 43.7 Å². The van der Waals surface area contributed by atoms with Gasteiger partial charge in [0.15, 0.2) is 0 Å². The molecule has 138 valence electrons. The molecule has 5 rings (SSSR count). The van der Waals surface area contributed by atoms with Crippen molar-refractivity contribution in [3.8, 4) is 11.3 Å². The molecular weight excluding hydrogens is 360 g/mol. The quantitative estimate of drug-likeness (QED) is 0.583. The van der Waals surface area contributed by atoms with Crippen LogP contribution in [0.2, 0.25) is 0 Å². The summed E-state index contributed by atoms with van der Waals surface area (Å²) in [6, 6.07) is 8.32. The third-order valence-electron chi connectivity index (χ3n) is 5.32. The van der Waals surface area contributed by atoms with Gasteiger partial charge in [0.25, 0.3) is 5.56 Å². The summed E-state index contributed by atoms with van der Waals surface area (Å²) in [5, 5.41) is 2.55. The number of aromatic nitrogens is 3. The van der Waals surface area contributed by atoms with Gasteiger partial charge in [0.2, 0.25) is 0 Å². The molecule has 4 aromatic rings. The predicted molar refractivity (Wildman–Crippen MR) is 106 cm³/mol. The molecule has 0 amide bonds. The second-order valence-electron chi connectivity index (χ2n) is 6.99. The Kier molecular flexibility index (Phi) is 3.98. The molecular formula is C20H20N4O2S. The lowest BCUT2D eigenvalue weighted by Gasteiger charge is -2.24. The van der Waals surface area contributed by atoms with E-state index in [0.29, 0.717) is 23.7 Å². The van der Waals surface area contributed by atoms with Crippen LogP contribution in [0.15, 0.2) is 51.3 Å². The standard InChI is InChI=1S/C20H20N4O2S/c1-23-8-2-5-14(23)15-6-3-9-24(15)11-17-21-19(25)18-13(12-27-20(18)22-17)16-7-4-10-26-16/h2,4-5,7-8,10,12,15H,3,6,9,11H2,1H3,(H,21,22,25)/t15-/m0/s1. The number of likely N-dealkylation sites (tertiary alicyclic amines) is 1. The minimum absolute atomic E-state index is 0.0998. The zero-order valence-electron chi connectivity index (χ0n) is 15.0. The van der Waals surface area contributed by atoms with Crippen molar-refractivity contribution in [2.45, 2.75) is 25.4 Å². The van der Waals surface area contributed by atoms with Gasteiger partial charge in [-0.25, -0.2) is 4.98 Å². The number of aryl methyl sites for hydroxylation is 1. The highest BCUT2D eigenvalue weighted by Crippen LogP contribution is 2.34. The van der Waals surface area contributed by atoms with Gasteiger partial charge in [0.1, 0.15) is 16.4 Å². The van der Waals surface area contributed by atoms with Crippen molar-refractivity contribution in [1.29, 1.82) is 0 Å². The van der Waals surface area contributed by atoms with Crippen LogP contribution in [0.5, 0.6) is 0 Å². The van der Waals surface area contributed by atoms with Crippen LogP contribution < -0.4 is 5.56 Å². The van der Waals surface area contributed by atoms with Crippen LogP contribution in [0.25, 0.3) is 21.5 Å². The third kappa shape index (κ3) is 2.83. The lowest BCUT2D eigenvalue weighted by atomic mass is 10.1. The normalized spacial score (nSPS) is 17.9. The van der Waals surface area contributed by atoms with Crippen molar-refractivity contribution in [2.24, 2.45) is 7.05 Å². The van der Waals surface area contributed by atoms with E-state index >= 15 is 0 Å². The number of hydrogen-bond donors (Lipinski definition) is 1. The van der Waals surface area contributed by atoms with Gasteiger partial charge in [-0.1, -0.05) is 0 Å². The molecule has 1 N–H and O–H groups in total. The Labute approximate surface area is 160 Å². The van der Waals surface area contributed by atoms with Gasteiger partial charge in [-0.2, -0.15) is 0 Å². The molecule has 0 saturated carbocycles. The van der Waals surface area contributed by atoms with Gasteiger partial charge in [0.05, 0.1) is 24.2 Å². The summed E-state index contributed by atoms with van der Waals surface area (Å²) < 4.78 is 7.64. The fourth-order valence-corrected chi connectivity index (χ4v) is 4.99. The zero-order valence-corrected chi connectivity index (χ0v) is 15.8. The molecule has 0 radical (unpaired) electrons. The second-order valence-corrected chi connectivity index (χ2v) is 7.85. The van der Waals surface area contributed by atoms with E-state index in [9.17, 15) is 4.79 Å². The minimum atomic E-state index is -0.0998. The van der Waals surface area contributed by atoms with Crippen molar-refractivity contribution < 1.29 is 4.42 Å². The first-order valence-corrected chi connectivity index (χ1v) is 9.98. The predicted octanol–water partition coefficient (Wildman–Crippen LogP) is 3.92. The fraction of sp³-hybridized carbons (Fsp3) is 0.300. The van der Waals surface area contributed by atoms with Crippen LogP contribution in [0.3, 0.4) is 0 Å². The highest BCUT2D eigenvalue weighted by molar-refractivity contribution is 7.17. The summed E-state index contributed by atoms with van der Waals surface area (Å²) in [5.41, 5.74) is 2.02. The smallest absolute Gasteiger partial charge is 0.260 e.